The molecule has 2 rings (SSSR count). The van der Waals surface area contributed by atoms with E-state index in [1.807, 2.05) is 7.05 Å². The fourth-order valence-electron chi connectivity index (χ4n) is 3.15. The van der Waals surface area contributed by atoms with E-state index in [0.29, 0.717) is 11.5 Å². The van der Waals surface area contributed by atoms with E-state index in [1.54, 1.807) is 6.07 Å². The average molecular weight is 300 g/mol. The first-order valence-electron chi connectivity index (χ1n) is 7.53. The van der Waals surface area contributed by atoms with E-state index < -0.39 is 11.7 Å². The molecule has 0 aliphatic heterocycles. The summed E-state index contributed by atoms with van der Waals surface area (Å²) in [7, 11) is 1.94. The highest BCUT2D eigenvalue weighted by atomic mass is 19.4. The Hall–Kier alpha value is -1.23. The molecule has 2 nitrogen and oxygen atoms in total. The van der Waals surface area contributed by atoms with Gasteiger partial charge < -0.3 is 10.6 Å². The molecule has 0 amide bonds. The maximum Gasteiger partial charge on any atom is 0.416 e. The van der Waals surface area contributed by atoms with E-state index in [1.165, 1.54) is 38.2 Å². The van der Waals surface area contributed by atoms with Gasteiger partial charge in [-0.15, -0.1) is 0 Å². The Bertz CT molecular complexity index is 465. The zero-order valence-corrected chi connectivity index (χ0v) is 12.4. The lowest BCUT2D eigenvalue weighted by Gasteiger charge is -2.30. The van der Waals surface area contributed by atoms with Gasteiger partial charge in [-0.25, -0.2) is 0 Å². The van der Waals surface area contributed by atoms with Crippen molar-refractivity contribution in [2.45, 2.75) is 44.8 Å². The largest absolute Gasteiger partial charge is 0.416 e. The van der Waals surface area contributed by atoms with Crippen molar-refractivity contribution in [2.24, 2.45) is 11.7 Å². The van der Waals surface area contributed by atoms with Crippen molar-refractivity contribution in [3.63, 3.8) is 0 Å². The topological polar surface area (TPSA) is 29.3 Å². The molecule has 0 radical (unpaired) electrons. The summed E-state index contributed by atoms with van der Waals surface area (Å²) in [6.45, 7) is 1.01. The smallest absolute Gasteiger partial charge is 0.374 e. The van der Waals surface area contributed by atoms with E-state index in [2.05, 4.69) is 4.90 Å². The molecule has 1 saturated carbocycles. The highest BCUT2D eigenvalue weighted by molar-refractivity contribution is 5.55. The van der Waals surface area contributed by atoms with Crippen LogP contribution in [0.4, 0.5) is 18.9 Å². The Morgan fingerprint density at radius 1 is 1.19 bits per heavy atom. The second-order valence-corrected chi connectivity index (χ2v) is 5.93. The van der Waals surface area contributed by atoms with Gasteiger partial charge in [0.2, 0.25) is 0 Å². The molecule has 0 heterocycles. The molecule has 1 fully saturated rings. The lowest BCUT2D eigenvalue weighted by molar-refractivity contribution is -0.137. The van der Waals surface area contributed by atoms with Crippen LogP contribution in [0.2, 0.25) is 0 Å². The first-order chi connectivity index (χ1) is 9.91. The third-order valence-electron chi connectivity index (χ3n) is 4.29. The molecule has 1 aliphatic rings. The quantitative estimate of drug-likeness (QED) is 0.904. The second-order valence-electron chi connectivity index (χ2n) is 5.93. The summed E-state index contributed by atoms with van der Waals surface area (Å²) in [5.74, 6) is 0.636. The Labute approximate surface area is 124 Å². The maximum atomic E-state index is 12.8. The first-order valence-corrected chi connectivity index (χ1v) is 7.53. The minimum Gasteiger partial charge on any atom is -0.374 e. The number of nitrogens with two attached hydrogens (primary N) is 1. The average Bonchev–Trinajstić information content (AvgIpc) is 2.46. The van der Waals surface area contributed by atoms with Gasteiger partial charge in [-0.2, -0.15) is 13.2 Å². The van der Waals surface area contributed by atoms with Crippen LogP contribution in [0.15, 0.2) is 18.2 Å². The molecular weight excluding hydrogens is 277 g/mol. The third kappa shape index (κ3) is 4.13. The number of hydrogen-bond acceptors (Lipinski definition) is 2. The van der Waals surface area contributed by atoms with Gasteiger partial charge in [0.25, 0.3) is 0 Å². The number of alkyl halides is 3. The maximum absolute atomic E-state index is 12.8. The van der Waals surface area contributed by atoms with Crippen molar-refractivity contribution >= 4 is 5.69 Å². The summed E-state index contributed by atoms with van der Waals surface area (Å²) in [6, 6.07) is 3.87. The summed E-state index contributed by atoms with van der Waals surface area (Å²) in [6.07, 6.45) is 1.93. The molecule has 1 aliphatic carbocycles. The Morgan fingerprint density at radius 3 is 2.43 bits per heavy atom. The van der Waals surface area contributed by atoms with Crippen LogP contribution in [-0.4, -0.2) is 13.6 Å². The number of nitrogens with zero attached hydrogens (tertiary/aromatic N) is 1. The van der Waals surface area contributed by atoms with E-state index in [4.69, 9.17) is 5.73 Å². The van der Waals surface area contributed by atoms with Crippen LogP contribution in [0.25, 0.3) is 0 Å². The van der Waals surface area contributed by atoms with Crippen LogP contribution in [0.1, 0.15) is 43.2 Å². The number of benzene rings is 1. The van der Waals surface area contributed by atoms with E-state index in [0.717, 1.165) is 18.3 Å². The normalized spacial score (nSPS) is 17.0. The van der Waals surface area contributed by atoms with Crippen LogP contribution >= 0.6 is 0 Å². The monoisotopic (exact) mass is 300 g/mol. The number of anilines is 1. The highest BCUT2D eigenvalue weighted by Crippen LogP contribution is 2.33. The lowest BCUT2D eigenvalue weighted by atomic mass is 9.89. The number of rotatable bonds is 4. The van der Waals surface area contributed by atoms with E-state index >= 15 is 0 Å². The van der Waals surface area contributed by atoms with Crippen LogP contribution in [-0.2, 0) is 12.7 Å². The predicted octanol–water partition coefficient (Wildman–Crippen LogP) is 4.18. The van der Waals surface area contributed by atoms with Gasteiger partial charge in [0, 0.05) is 25.8 Å². The summed E-state index contributed by atoms with van der Waals surface area (Å²) < 4.78 is 38.3. The third-order valence-corrected chi connectivity index (χ3v) is 4.29. The molecule has 1 aromatic carbocycles. The van der Waals surface area contributed by atoms with E-state index in [9.17, 15) is 13.2 Å². The van der Waals surface area contributed by atoms with Crippen LogP contribution < -0.4 is 10.6 Å². The van der Waals surface area contributed by atoms with Crippen molar-refractivity contribution in [2.75, 3.05) is 18.5 Å². The first kappa shape index (κ1) is 16.1. The lowest BCUT2D eigenvalue weighted by Crippen LogP contribution is -2.28. The predicted molar refractivity (Wildman–Crippen MR) is 79.2 cm³/mol. The fourth-order valence-corrected chi connectivity index (χ4v) is 3.15. The second kappa shape index (κ2) is 6.69. The zero-order chi connectivity index (χ0) is 15.5. The zero-order valence-electron chi connectivity index (χ0n) is 12.4. The molecular formula is C16H23F3N2. The minimum absolute atomic E-state index is 0.119. The van der Waals surface area contributed by atoms with Gasteiger partial charge in [-0.05, 0) is 42.5 Å². The number of halogens is 3. The van der Waals surface area contributed by atoms with Gasteiger partial charge in [0.15, 0.2) is 0 Å². The molecule has 21 heavy (non-hydrogen) atoms. The number of hydrogen-bond donors (Lipinski definition) is 1. The van der Waals surface area contributed by atoms with Crippen molar-refractivity contribution in [1.29, 1.82) is 0 Å². The molecule has 0 atom stereocenters. The van der Waals surface area contributed by atoms with Gasteiger partial charge in [0.1, 0.15) is 0 Å². The summed E-state index contributed by atoms with van der Waals surface area (Å²) in [4.78, 5) is 2.05. The molecule has 0 saturated heterocycles. The van der Waals surface area contributed by atoms with Gasteiger partial charge in [0.05, 0.1) is 5.56 Å². The van der Waals surface area contributed by atoms with Crippen LogP contribution in [0.5, 0.6) is 0 Å². The molecule has 118 valence electrons. The summed E-state index contributed by atoms with van der Waals surface area (Å²) in [5, 5.41) is 0. The Kier molecular flexibility index (Phi) is 5.14. The van der Waals surface area contributed by atoms with Crippen molar-refractivity contribution < 1.29 is 13.2 Å². The SMILES string of the molecule is CN(CC1CCCCC1)c1ccc(C(F)(F)F)cc1CN. The molecule has 2 N–H and O–H groups in total. The molecule has 0 unspecified atom stereocenters. The molecule has 1 aromatic rings. The standard InChI is InChI=1S/C16H23F3N2/c1-21(11-12-5-3-2-4-6-12)15-8-7-14(16(17,18)19)9-13(15)10-20/h7-9,12H,2-6,10-11,20H2,1H3. The molecule has 0 aromatic heterocycles. The minimum atomic E-state index is -4.32. The van der Waals surface area contributed by atoms with Crippen LogP contribution in [0, 0.1) is 5.92 Å². The Balaban J connectivity index is 2.14. The van der Waals surface area contributed by atoms with Crippen molar-refractivity contribution in [3.8, 4) is 0 Å². The van der Waals surface area contributed by atoms with Gasteiger partial charge in [-0.3, -0.25) is 0 Å². The fraction of sp³-hybridized carbons (Fsp3) is 0.625. The van der Waals surface area contributed by atoms with E-state index in [-0.39, 0.29) is 6.54 Å². The van der Waals surface area contributed by atoms with Gasteiger partial charge in [-0.1, -0.05) is 19.3 Å². The van der Waals surface area contributed by atoms with Crippen molar-refractivity contribution in [3.05, 3.63) is 29.3 Å². The van der Waals surface area contributed by atoms with Gasteiger partial charge >= 0.3 is 6.18 Å². The van der Waals surface area contributed by atoms with Crippen molar-refractivity contribution in [1.82, 2.24) is 0 Å². The Morgan fingerprint density at radius 2 is 1.86 bits per heavy atom. The molecule has 0 spiro atoms. The summed E-state index contributed by atoms with van der Waals surface area (Å²) in [5.41, 5.74) is 6.39. The molecule has 5 heteroatoms. The summed E-state index contributed by atoms with van der Waals surface area (Å²) >= 11 is 0. The highest BCUT2D eigenvalue weighted by Gasteiger charge is 2.31. The van der Waals surface area contributed by atoms with Crippen LogP contribution in [0.3, 0.4) is 0 Å². The molecule has 0 bridgehead atoms.